The van der Waals surface area contributed by atoms with Crippen molar-refractivity contribution in [1.82, 2.24) is 0 Å². The fourth-order valence-corrected chi connectivity index (χ4v) is 3.67. The van der Waals surface area contributed by atoms with E-state index in [1.54, 1.807) is 0 Å². The van der Waals surface area contributed by atoms with Crippen LogP contribution in [0.5, 0.6) is 11.5 Å². The molecule has 1 aromatic heterocycles. The van der Waals surface area contributed by atoms with Crippen molar-refractivity contribution >= 4 is 39.4 Å². The molecular weight excluding hydrogens is 320 g/mol. The van der Waals surface area contributed by atoms with Crippen molar-refractivity contribution < 1.29 is 9.47 Å². The summed E-state index contributed by atoms with van der Waals surface area (Å²) in [6.45, 7) is 1.18. The summed E-state index contributed by atoms with van der Waals surface area (Å²) >= 11 is 1.54. The fourth-order valence-electron chi connectivity index (χ4n) is 2.71. The lowest BCUT2D eigenvalue weighted by Crippen LogP contribution is -2.15. The van der Waals surface area contributed by atoms with E-state index in [0.717, 1.165) is 37.6 Å². The van der Waals surface area contributed by atoms with Crippen molar-refractivity contribution in [1.29, 1.82) is 5.41 Å². The zero-order valence-electron chi connectivity index (χ0n) is 12.9. The summed E-state index contributed by atoms with van der Waals surface area (Å²) in [7, 11) is 0. The molecule has 1 aliphatic heterocycles. The minimum absolute atomic E-state index is 0.109. The quantitative estimate of drug-likeness (QED) is 0.429. The van der Waals surface area contributed by atoms with E-state index in [0.29, 0.717) is 13.2 Å². The molecule has 0 saturated carbocycles. The number of ether oxygens (including phenoxy) is 2. The Bertz CT molecular complexity index is 959. The number of benzene rings is 2. The number of nitrogens with one attached hydrogen (secondary N) is 1. The van der Waals surface area contributed by atoms with Crippen LogP contribution in [0.15, 0.2) is 42.5 Å². The summed E-state index contributed by atoms with van der Waals surface area (Å²) in [5.74, 6) is 1.69. The first-order valence-corrected chi connectivity index (χ1v) is 8.47. The summed E-state index contributed by atoms with van der Waals surface area (Å²) < 4.78 is 12.3. The largest absolute Gasteiger partial charge is 0.486 e. The second kappa shape index (κ2) is 6.02. The van der Waals surface area contributed by atoms with Crippen molar-refractivity contribution in [3.05, 3.63) is 58.5 Å². The molecule has 4 rings (SSSR count). The molecule has 0 fully saturated rings. The van der Waals surface area contributed by atoms with Crippen LogP contribution in [-0.4, -0.2) is 19.0 Å². The normalized spacial score (nSPS) is 13.5. The Balaban J connectivity index is 1.68. The van der Waals surface area contributed by atoms with Gasteiger partial charge in [-0.2, -0.15) is 0 Å². The van der Waals surface area contributed by atoms with Gasteiger partial charge in [-0.15, -0.1) is 11.3 Å². The Morgan fingerprint density at radius 3 is 2.71 bits per heavy atom. The summed E-state index contributed by atoms with van der Waals surface area (Å²) in [5.41, 5.74) is 7.76. The van der Waals surface area contributed by atoms with Crippen LogP contribution in [-0.2, 0) is 0 Å². The minimum atomic E-state index is 0.109. The molecule has 0 unspecified atom stereocenters. The monoisotopic (exact) mass is 336 g/mol. The van der Waals surface area contributed by atoms with Crippen LogP contribution in [0.3, 0.4) is 0 Å². The predicted octanol–water partition coefficient (Wildman–Crippen LogP) is 4.13. The molecule has 0 spiro atoms. The first kappa shape index (κ1) is 14.8. The molecule has 2 aromatic carbocycles. The van der Waals surface area contributed by atoms with Crippen LogP contribution in [0.2, 0.25) is 0 Å². The number of hydrogen-bond acceptors (Lipinski definition) is 4. The number of hydrogen-bond donors (Lipinski definition) is 2. The minimum Gasteiger partial charge on any atom is -0.486 e. The number of nitrogens with two attached hydrogens (primary N) is 1. The van der Waals surface area contributed by atoms with E-state index in [4.69, 9.17) is 20.6 Å². The average molecular weight is 336 g/mol. The van der Waals surface area contributed by atoms with Gasteiger partial charge in [-0.05, 0) is 35.4 Å². The number of nitrogen functional groups attached to an aromatic ring is 1. The average Bonchev–Trinajstić information content (AvgIpc) is 3.05. The molecule has 5 heteroatoms. The van der Waals surface area contributed by atoms with Crippen molar-refractivity contribution in [2.24, 2.45) is 5.73 Å². The third-order valence-corrected chi connectivity index (χ3v) is 5.02. The third-order valence-electron chi connectivity index (χ3n) is 3.88. The topological polar surface area (TPSA) is 68.3 Å². The Labute approximate surface area is 143 Å². The van der Waals surface area contributed by atoms with Gasteiger partial charge in [-0.1, -0.05) is 30.4 Å². The van der Waals surface area contributed by atoms with Crippen LogP contribution in [0.25, 0.3) is 22.2 Å². The second-order valence-electron chi connectivity index (χ2n) is 5.52. The molecule has 3 N–H and O–H groups in total. The van der Waals surface area contributed by atoms with Gasteiger partial charge in [0.15, 0.2) is 11.5 Å². The standard InChI is InChI=1S/C19H16N2O2S/c20-19(21)18-11-14-13(2-1-3-17(14)24-18)6-4-12-5-7-15-16(10-12)23-9-8-22-15/h1-7,10-11H,8-9H2,(H3,20,21). The lowest BCUT2D eigenvalue weighted by atomic mass is 10.1. The van der Waals surface area contributed by atoms with Gasteiger partial charge in [0.05, 0.1) is 4.88 Å². The van der Waals surface area contributed by atoms with Crippen LogP contribution >= 0.6 is 11.3 Å². The molecule has 24 heavy (non-hydrogen) atoms. The van der Waals surface area contributed by atoms with Crippen LogP contribution in [0.1, 0.15) is 16.0 Å². The second-order valence-corrected chi connectivity index (χ2v) is 6.60. The van der Waals surface area contributed by atoms with E-state index in [1.165, 1.54) is 11.3 Å². The summed E-state index contributed by atoms with van der Waals surface area (Å²) in [5, 5.41) is 8.72. The SMILES string of the molecule is N=C(N)c1cc2c(C=Cc3ccc4c(c3)OCCO4)cccc2s1. The highest BCUT2D eigenvalue weighted by atomic mass is 32.1. The van der Waals surface area contributed by atoms with Gasteiger partial charge in [0.2, 0.25) is 0 Å². The van der Waals surface area contributed by atoms with E-state index in [2.05, 4.69) is 18.2 Å². The van der Waals surface area contributed by atoms with Gasteiger partial charge >= 0.3 is 0 Å². The van der Waals surface area contributed by atoms with E-state index >= 15 is 0 Å². The highest BCUT2D eigenvalue weighted by Gasteiger charge is 2.11. The maximum Gasteiger partial charge on any atom is 0.161 e. The Morgan fingerprint density at radius 2 is 1.88 bits per heavy atom. The molecule has 0 radical (unpaired) electrons. The van der Waals surface area contributed by atoms with E-state index in [1.807, 2.05) is 36.4 Å². The van der Waals surface area contributed by atoms with Crippen molar-refractivity contribution in [3.63, 3.8) is 0 Å². The molecular formula is C19H16N2O2S. The van der Waals surface area contributed by atoms with Gasteiger partial charge in [0.1, 0.15) is 19.0 Å². The maximum absolute atomic E-state index is 7.61. The first-order chi connectivity index (χ1) is 11.7. The number of thiophene rings is 1. The zero-order valence-corrected chi connectivity index (χ0v) is 13.7. The Kier molecular flexibility index (Phi) is 3.70. The van der Waals surface area contributed by atoms with Gasteiger partial charge in [-0.25, -0.2) is 0 Å². The Morgan fingerprint density at radius 1 is 1.04 bits per heavy atom. The summed E-state index contributed by atoms with van der Waals surface area (Å²) in [4.78, 5) is 0.796. The van der Waals surface area contributed by atoms with Crippen LogP contribution < -0.4 is 15.2 Å². The zero-order chi connectivity index (χ0) is 16.5. The molecule has 2 heterocycles. The van der Waals surface area contributed by atoms with Gasteiger partial charge < -0.3 is 15.2 Å². The summed E-state index contributed by atoms with van der Waals surface area (Å²) in [6.07, 6.45) is 4.13. The molecule has 3 aromatic rings. The van der Waals surface area contributed by atoms with Crippen LogP contribution in [0, 0.1) is 5.41 Å². The number of amidine groups is 1. The van der Waals surface area contributed by atoms with Gasteiger partial charge in [0, 0.05) is 10.1 Å². The van der Waals surface area contributed by atoms with E-state index in [9.17, 15) is 0 Å². The lowest BCUT2D eigenvalue weighted by molar-refractivity contribution is 0.171. The highest BCUT2D eigenvalue weighted by Crippen LogP contribution is 2.32. The van der Waals surface area contributed by atoms with Crippen LogP contribution in [0.4, 0.5) is 0 Å². The predicted molar refractivity (Wildman–Crippen MR) is 99.2 cm³/mol. The van der Waals surface area contributed by atoms with Gasteiger partial charge in [0.25, 0.3) is 0 Å². The maximum atomic E-state index is 7.61. The van der Waals surface area contributed by atoms with E-state index < -0.39 is 0 Å². The lowest BCUT2D eigenvalue weighted by Gasteiger charge is -2.18. The fraction of sp³-hybridized carbons (Fsp3) is 0.105. The molecule has 0 bridgehead atoms. The number of rotatable bonds is 3. The smallest absolute Gasteiger partial charge is 0.161 e. The van der Waals surface area contributed by atoms with Crippen molar-refractivity contribution in [2.75, 3.05) is 13.2 Å². The van der Waals surface area contributed by atoms with Crippen molar-refractivity contribution in [3.8, 4) is 11.5 Å². The van der Waals surface area contributed by atoms with Gasteiger partial charge in [-0.3, -0.25) is 5.41 Å². The molecule has 1 aliphatic rings. The van der Waals surface area contributed by atoms with E-state index in [-0.39, 0.29) is 5.84 Å². The number of fused-ring (bicyclic) bond motifs is 2. The Hall–Kier alpha value is -2.79. The van der Waals surface area contributed by atoms with Crippen molar-refractivity contribution in [2.45, 2.75) is 0 Å². The highest BCUT2D eigenvalue weighted by molar-refractivity contribution is 7.20. The first-order valence-electron chi connectivity index (χ1n) is 7.65. The molecule has 0 aliphatic carbocycles. The summed E-state index contributed by atoms with van der Waals surface area (Å²) in [6, 6.07) is 14.0. The molecule has 120 valence electrons. The molecule has 0 amide bonds. The third kappa shape index (κ3) is 2.74. The molecule has 0 atom stereocenters. The molecule has 4 nitrogen and oxygen atoms in total. The molecule has 0 saturated heterocycles.